The molecule has 0 aliphatic heterocycles. The van der Waals surface area contributed by atoms with Crippen molar-refractivity contribution in [2.45, 2.75) is 120 Å². The maximum atomic E-state index is 2.50. The molecule has 0 radical (unpaired) electrons. The van der Waals surface area contributed by atoms with Gasteiger partial charge in [-0.15, -0.1) is 0 Å². The van der Waals surface area contributed by atoms with Crippen LogP contribution in [0.15, 0.2) is 0 Å². The highest BCUT2D eigenvalue weighted by atomic mass is 14.3. The lowest BCUT2D eigenvalue weighted by atomic mass is 9.78. The van der Waals surface area contributed by atoms with Crippen LogP contribution in [0.1, 0.15) is 120 Å². The molecule has 0 bridgehead atoms. The minimum atomic E-state index is 0.882. The maximum absolute atomic E-state index is 2.50. The summed E-state index contributed by atoms with van der Waals surface area (Å²) in [5.74, 6) is 5.34. The van der Waals surface area contributed by atoms with E-state index >= 15 is 0 Å². The van der Waals surface area contributed by atoms with Gasteiger partial charge in [-0.2, -0.15) is 0 Å². The van der Waals surface area contributed by atoms with Gasteiger partial charge in [0.25, 0.3) is 0 Å². The van der Waals surface area contributed by atoms with E-state index in [9.17, 15) is 0 Å². The highest BCUT2D eigenvalue weighted by Gasteiger charge is 2.20. The molecule has 0 aromatic rings. The molecule has 0 amide bonds. The van der Waals surface area contributed by atoms with E-state index in [0.717, 1.165) is 35.5 Å². The molecule has 146 valence electrons. The highest BCUT2D eigenvalue weighted by Crippen LogP contribution is 2.31. The third kappa shape index (κ3) is 12.4. The first-order valence-corrected chi connectivity index (χ1v) is 11.3. The lowest BCUT2D eigenvalue weighted by Crippen LogP contribution is -2.18. The van der Waals surface area contributed by atoms with E-state index in [1.807, 2.05) is 0 Å². The van der Waals surface area contributed by atoms with Gasteiger partial charge in [0.2, 0.25) is 0 Å². The zero-order valence-electron chi connectivity index (χ0n) is 18.5. The van der Waals surface area contributed by atoms with E-state index in [-0.39, 0.29) is 0 Å². The Hall–Kier alpha value is 0. The standard InChI is InChI=1S/C24H50/c1-9-20(4)17-22(6)24(8)18-23(7)21(5)16-14-12-10-11-13-15-19(2)3/h19-24H,9-18H2,1-8H3. The molecule has 0 aromatic carbocycles. The molecular weight excluding hydrogens is 288 g/mol. The molecule has 0 saturated heterocycles. The predicted molar refractivity (Wildman–Crippen MR) is 113 cm³/mol. The highest BCUT2D eigenvalue weighted by molar-refractivity contribution is 4.71. The van der Waals surface area contributed by atoms with Crippen LogP contribution in [0.25, 0.3) is 0 Å². The number of hydrogen-bond donors (Lipinski definition) is 0. The molecule has 0 rings (SSSR count). The number of rotatable bonds is 15. The van der Waals surface area contributed by atoms with Crippen LogP contribution >= 0.6 is 0 Å². The van der Waals surface area contributed by atoms with Crippen LogP contribution in [0.2, 0.25) is 0 Å². The van der Waals surface area contributed by atoms with Gasteiger partial charge in [-0.05, 0) is 48.3 Å². The fourth-order valence-corrected chi connectivity index (χ4v) is 3.92. The van der Waals surface area contributed by atoms with Crippen molar-refractivity contribution in [3.8, 4) is 0 Å². The lowest BCUT2D eigenvalue weighted by Gasteiger charge is -2.28. The summed E-state index contributed by atoms with van der Waals surface area (Å²) in [5, 5.41) is 0. The summed E-state index contributed by atoms with van der Waals surface area (Å²) >= 11 is 0. The Kier molecular flexibility index (Phi) is 14.2. The minimum Gasteiger partial charge on any atom is -0.0651 e. The Balaban J connectivity index is 3.80. The molecule has 0 aliphatic rings. The Labute approximate surface area is 155 Å². The first-order valence-electron chi connectivity index (χ1n) is 11.3. The average Bonchev–Trinajstić information content (AvgIpc) is 2.52. The fourth-order valence-electron chi connectivity index (χ4n) is 3.92. The van der Waals surface area contributed by atoms with E-state index in [0.29, 0.717) is 0 Å². The quantitative estimate of drug-likeness (QED) is 0.262. The summed E-state index contributed by atoms with van der Waals surface area (Å²) in [6, 6.07) is 0. The number of hydrogen-bond acceptors (Lipinski definition) is 0. The average molecular weight is 339 g/mol. The fraction of sp³-hybridized carbons (Fsp3) is 1.00. The SMILES string of the molecule is CCC(C)CC(C)C(C)CC(C)C(C)CCCCCCCC(C)C. The van der Waals surface area contributed by atoms with Crippen LogP contribution in [0.4, 0.5) is 0 Å². The van der Waals surface area contributed by atoms with Crippen LogP contribution in [0.5, 0.6) is 0 Å². The predicted octanol–water partition coefficient (Wildman–Crippen LogP) is 8.74. The molecule has 0 saturated carbocycles. The summed E-state index contributed by atoms with van der Waals surface area (Å²) in [6.45, 7) is 19.4. The summed E-state index contributed by atoms with van der Waals surface area (Å²) in [6.07, 6.45) is 14.3. The van der Waals surface area contributed by atoms with Crippen LogP contribution in [0.3, 0.4) is 0 Å². The summed E-state index contributed by atoms with van der Waals surface area (Å²) in [7, 11) is 0. The van der Waals surface area contributed by atoms with Crippen molar-refractivity contribution < 1.29 is 0 Å². The summed E-state index contributed by atoms with van der Waals surface area (Å²) in [5.41, 5.74) is 0. The smallest absolute Gasteiger partial charge is 0.0414 e. The second-order valence-electron chi connectivity index (χ2n) is 9.63. The van der Waals surface area contributed by atoms with Crippen molar-refractivity contribution in [3.63, 3.8) is 0 Å². The van der Waals surface area contributed by atoms with E-state index in [4.69, 9.17) is 0 Å². The Morgan fingerprint density at radius 3 is 1.50 bits per heavy atom. The lowest BCUT2D eigenvalue weighted by molar-refractivity contribution is 0.227. The number of unbranched alkanes of at least 4 members (excludes halogenated alkanes) is 4. The molecule has 0 heteroatoms. The molecule has 0 spiro atoms. The zero-order chi connectivity index (χ0) is 18.5. The monoisotopic (exact) mass is 338 g/mol. The Morgan fingerprint density at radius 1 is 0.500 bits per heavy atom. The molecule has 24 heavy (non-hydrogen) atoms. The van der Waals surface area contributed by atoms with E-state index in [2.05, 4.69) is 55.4 Å². The molecular formula is C24H50. The van der Waals surface area contributed by atoms with Crippen LogP contribution < -0.4 is 0 Å². The summed E-state index contributed by atoms with van der Waals surface area (Å²) in [4.78, 5) is 0. The molecule has 0 fully saturated rings. The maximum Gasteiger partial charge on any atom is -0.0414 e. The molecule has 0 heterocycles. The Morgan fingerprint density at radius 2 is 0.958 bits per heavy atom. The molecule has 0 nitrogen and oxygen atoms in total. The van der Waals surface area contributed by atoms with Crippen LogP contribution in [-0.4, -0.2) is 0 Å². The topological polar surface area (TPSA) is 0 Å². The Bertz CT molecular complexity index is 267. The minimum absolute atomic E-state index is 0.882. The van der Waals surface area contributed by atoms with Gasteiger partial charge < -0.3 is 0 Å². The van der Waals surface area contributed by atoms with E-state index in [1.165, 1.54) is 64.2 Å². The van der Waals surface area contributed by atoms with E-state index in [1.54, 1.807) is 0 Å². The van der Waals surface area contributed by atoms with E-state index < -0.39 is 0 Å². The van der Waals surface area contributed by atoms with Crippen molar-refractivity contribution >= 4 is 0 Å². The molecule has 5 atom stereocenters. The first kappa shape index (κ1) is 24.0. The van der Waals surface area contributed by atoms with Gasteiger partial charge in [-0.3, -0.25) is 0 Å². The van der Waals surface area contributed by atoms with Crippen molar-refractivity contribution in [2.75, 3.05) is 0 Å². The molecule has 0 aromatic heterocycles. The third-order valence-electron chi connectivity index (χ3n) is 6.60. The second kappa shape index (κ2) is 14.2. The zero-order valence-corrected chi connectivity index (χ0v) is 18.5. The van der Waals surface area contributed by atoms with Crippen molar-refractivity contribution in [3.05, 3.63) is 0 Å². The largest absolute Gasteiger partial charge is 0.0651 e. The second-order valence-corrected chi connectivity index (χ2v) is 9.63. The van der Waals surface area contributed by atoms with Gasteiger partial charge in [-0.1, -0.05) is 107 Å². The normalized spacial score (nSPS) is 18.4. The van der Waals surface area contributed by atoms with Gasteiger partial charge in [0.15, 0.2) is 0 Å². The van der Waals surface area contributed by atoms with Gasteiger partial charge in [0.05, 0.1) is 0 Å². The third-order valence-corrected chi connectivity index (χ3v) is 6.60. The van der Waals surface area contributed by atoms with Crippen LogP contribution in [-0.2, 0) is 0 Å². The van der Waals surface area contributed by atoms with Gasteiger partial charge in [-0.25, -0.2) is 0 Å². The molecule has 0 aliphatic carbocycles. The van der Waals surface area contributed by atoms with Crippen molar-refractivity contribution in [1.29, 1.82) is 0 Å². The van der Waals surface area contributed by atoms with Crippen molar-refractivity contribution in [2.24, 2.45) is 35.5 Å². The summed E-state index contributed by atoms with van der Waals surface area (Å²) < 4.78 is 0. The van der Waals surface area contributed by atoms with Crippen molar-refractivity contribution in [1.82, 2.24) is 0 Å². The molecule has 0 N–H and O–H groups in total. The first-order chi connectivity index (χ1) is 11.3. The van der Waals surface area contributed by atoms with Crippen LogP contribution in [0, 0.1) is 35.5 Å². The molecule has 5 unspecified atom stereocenters. The van der Waals surface area contributed by atoms with Gasteiger partial charge >= 0.3 is 0 Å². The van der Waals surface area contributed by atoms with Gasteiger partial charge in [0.1, 0.15) is 0 Å². The van der Waals surface area contributed by atoms with Gasteiger partial charge in [0, 0.05) is 0 Å².